The van der Waals surface area contributed by atoms with Crippen LogP contribution >= 0.6 is 0 Å². The van der Waals surface area contributed by atoms with Crippen LogP contribution in [0.25, 0.3) is 0 Å². The summed E-state index contributed by atoms with van der Waals surface area (Å²) < 4.78 is 25.6. The molecule has 23 heavy (non-hydrogen) atoms. The van der Waals surface area contributed by atoms with E-state index in [2.05, 4.69) is 0 Å². The number of Topliss-reactive ketones (excluding diaryl/α,β-unsaturated/α-hetero) is 1. The molecule has 1 aromatic carbocycles. The largest absolute Gasteiger partial charge is 0.465 e. The van der Waals surface area contributed by atoms with E-state index in [1.807, 2.05) is 0 Å². The fraction of sp³-hybridized carbons (Fsp3) is 0.357. The molecule has 8 nitrogen and oxygen atoms in total. The number of likely N-dealkylation sites (tertiary alicyclic amines) is 1. The molecule has 0 aromatic heterocycles. The Bertz CT molecular complexity index is 803. The number of piperidine rings is 1. The number of amides is 2. The van der Waals surface area contributed by atoms with E-state index in [9.17, 15) is 27.9 Å². The van der Waals surface area contributed by atoms with E-state index in [4.69, 9.17) is 0 Å². The molecule has 9 heteroatoms. The minimum atomic E-state index is -4.01. The van der Waals surface area contributed by atoms with Crippen molar-refractivity contribution in [2.75, 3.05) is 13.1 Å². The zero-order chi connectivity index (χ0) is 16.8. The molecule has 2 aliphatic rings. The van der Waals surface area contributed by atoms with Crippen molar-refractivity contribution in [1.82, 2.24) is 9.21 Å². The van der Waals surface area contributed by atoms with E-state index in [-0.39, 0.29) is 42.2 Å². The van der Waals surface area contributed by atoms with Crippen LogP contribution < -0.4 is 0 Å². The molecule has 1 unspecified atom stereocenters. The lowest BCUT2D eigenvalue weighted by Crippen LogP contribution is -2.52. The summed E-state index contributed by atoms with van der Waals surface area (Å²) in [5, 5.41) is 9.20. The number of carboxylic acid groups (broad SMARTS) is 1. The normalized spacial score (nSPS) is 23.0. The summed E-state index contributed by atoms with van der Waals surface area (Å²) in [5.41, 5.74) is 0.0662. The van der Waals surface area contributed by atoms with Crippen molar-refractivity contribution in [3.8, 4) is 0 Å². The quantitative estimate of drug-likeness (QED) is 0.842. The topological polar surface area (TPSA) is 112 Å². The summed E-state index contributed by atoms with van der Waals surface area (Å²) in [7, 11) is -4.01. The third-order valence-corrected chi connectivity index (χ3v) is 5.88. The zero-order valence-electron chi connectivity index (χ0n) is 12.0. The van der Waals surface area contributed by atoms with Gasteiger partial charge in [0.25, 0.3) is 15.9 Å². The fourth-order valence-corrected chi connectivity index (χ4v) is 4.53. The molecule has 1 fully saturated rings. The van der Waals surface area contributed by atoms with Gasteiger partial charge >= 0.3 is 6.09 Å². The average molecular weight is 338 g/mol. The number of carbonyl (C=O) groups excluding carboxylic acids is 2. The van der Waals surface area contributed by atoms with Crippen molar-refractivity contribution in [3.63, 3.8) is 0 Å². The summed E-state index contributed by atoms with van der Waals surface area (Å²) in [5.74, 6) is -0.835. The Kier molecular flexibility index (Phi) is 3.59. The maximum Gasteiger partial charge on any atom is 0.407 e. The Morgan fingerprint density at radius 3 is 2.61 bits per heavy atom. The first-order valence-electron chi connectivity index (χ1n) is 6.99. The summed E-state index contributed by atoms with van der Waals surface area (Å²) in [6.45, 7) is -0.345. The van der Waals surface area contributed by atoms with Crippen molar-refractivity contribution in [3.05, 3.63) is 29.8 Å². The maximum atomic E-state index is 12.5. The Morgan fingerprint density at radius 2 is 1.96 bits per heavy atom. The van der Waals surface area contributed by atoms with Crippen LogP contribution in [0.5, 0.6) is 0 Å². The van der Waals surface area contributed by atoms with Gasteiger partial charge in [-0.2, -0.15) is 0 Å². The van der Waals surface area contributed by atoms with Crippen LogP contribution in [0.4, 0.5) is 4.79 Å². The van der Waals surface area contributed by atoms with E-state index in [0.29, 0.717) is 4.31 Å². The van der Waals surface area contributed by atoms with Crippen LogP contribution in [0.3, 0.4) is 0 Å². The lowest BCUT2D eigenvalue weighted by molar-refractivity contribution is -0.122. The summed E-state index contributed by atoms with van der Waals surface area (Å²) in [6.07, 6.45) is -1.23. The molecule has 0 saturated carbocycles. The highest BCUT2D eigenvalue weighted by Gasteiger charge is 2.44. The Hall–Kier alpha value is -2.42. The fourth-order valence-electron chi connectivity index (χ4n) is 2.92. The van der Waals surface area contributed by atoms with Gasteiger partial charge < -0.3 is 10.0 Å². The van der Waals surface area contributed by atoms with Crippen molar-refractivity contribution in [1.29, 1.82) is 0 Å². The number of benzene rings is 1. The predicted octanol–water partition coefficient (Wildman–Crippen LogP) is 0.543. The third-order valence-electron chi connectivity index (χ3n) is 4.07. The number of fused-ring (bicyclic) bond motifs is 1. The molecule has 3 rings (SSSR count). The molecule has 122 valence electrons. The number of hydrogen-bond donors (Lipinski definition) is 1. The van der Waals surface area contributed by atoms with Crippen LogP contribution in [0.1, 0.15) is 23.2 Å². The van der Waals surface area contributed by atoms with Crippen LogP contribution in [-0.4, -0.2) is 59.6 Å². The summed E-state index contributed by atoms with van der Waals surface area (Å²) in [4.78, 5) is 36.1. The van der Waals surface area contributed by atoms with Gasteiger partial charge in [-0.1, -0.05) is 12.1 Å². The van der Waals surface area contributed by atoms with E-state index in [0.717, 1.165) is 4.90 Å². The van der Waals surface area contributed by atoms with Crippen molar-refractivity contribution < 1.29 is 27.9 Å². The highest BCUT2D eigenvalue weighted by Crippen LogP contribution is 2.31. The van der Waals surface area contributed by atoms with Gasteiger partial charge in [0.05, 0.1) is 18.2 Å². The van der Waals surface area contributed by atoms with Crippen LogP contribution in [0.15, 0.2) is 29.2 Å². The van der Waals surface area contributed by atoms with E-state index in [1.165, 1.54) is 18.2 Å². The number of nitrogens with zero attached hydrogens (tertiary/aromatic N) is 2. The third kappa shape index (κ3) is 2.46. The van der Waals surface area contributed by atoms with Crippen molar-refractivity contribution >= 4 is 27.8 Å². The molecule has 0 bridgehead atoms. The van der Waals surface area contributed by atoms with Gasteiger partial charge in [-0.25, -0.2) is 17.5 Å². The van der Waals surface area contributed by atoms with E-state index in [1.54, 1.807) is 6.07 Å². The molecule has 1 atom stereocenters. The first-order valence-corrected chi connectivity index (χ1v) is 8.43. The minimum absolute atomic E-state index is 0.00780. The first kappa shape index (κ1) is 15.5. The first-order chi connectivity index (χ1) is 10.8. The Morgan fingerprint density at radius 1 is 1.26 bits per heavy atom. The zero-order valence-corrected chi connectivity index (χ0v) is 12.8. The second-order valence-electron chi connectivity index (χ2n) is 5.46. The second-order valence-corrected chi connectivity index (χ2v) is 7.29. The molecule has 2 heterocycles. The molecule has 0 aliphatic carbocycles. The molecule has 0 spiro atoms. The standard InChI is InChI=1S/C14H14N2O6S/c17-10-5-6-15(14(19)20)9(7-10)8-16-13(18)11-3-1-2-4-12(11)23(16,21)22/h1-4,9H,5-8H2,(H,19,20). The van der Waals surface area contributed by atoms with Gasteiger partial charge in [0.1, 0.15) is 10.7 Å². The molecular formula is C14H14N2O6S. The molecule has 1 saturated heterocycles. The Labute approximate surface area is 132 Å². The SMILES string of the molecule is O=C1CCN(C(=O)O)C(CN2C(=O)c3ccccc3S2(=O)=O)C1. The van der Waals surface area contributed by atoms with Crippen LogP contribution in [0, 0.1) is 0 Å². The molecule has 1 aromatic rings. The smallest absolute Gasteiger partial charge is 0.407 e. The average Bonchev–Trinajstić information content (AvgIpc) is 2.69. The van der Waals surface area contributed by atoms with Gasteiger partial charge in [-0.3, -0.25) is 9.59 Å². The van der Waals surface area contributed by atoms with Gasteiger partial charge in [0, 0.05) is 19.4 Å². The monoisotopic (exact) mass is 338 g/mol. The lowest BCUT2D eigenvalue weighted by Gasteiger charge is -2.34. The highest BCUT2D eigenvalue weighted by atomic mass is 32.2. The molecular weight excluding hydrogens is 324 g/mol. The summed E-state index contributed by atoms with van der Waals surface area (Å²) in [6, 6.07) is 4.96. The van der Waals surface area contributed by atoms with Crippen LogP contribution in [0.2, 0.25) is 0 Å². The molecule has 2 amide bonds. The minimum Gasteiger partial charge on any atom is -0.465 e. The second kappa shape index (κ2) is 5.34. The number of hydrogen-bond acceptors (Lipinski definition) is 5. The lowest BCUT2D eigenvalue weighted by atomic mass is 10.0. The van der Waals surface area contributed by atoms with Gasteiger partial charge in [0.2, 0.25) is 0 Å². The maximum absolute atomic E-state index is 12.5. The number of sulfonamides is 1. The van der Waals surface area contributed by atoms with Crippen LogP contribution in [-0.2, 0) is 14.8 Å². The van der Waals surface area contributed by atoms with E-state index >= 15 is 0 Å². The molecule has 1 N–H and O–H groups in total. The summed E-state index contributed by atoms with van der Waals surface area (Å²) >= 11 is 0. The Balaban J connectivity index is 1.92. The van der Waals surface area contributed by atoms with Gasteiger partial charge in [-0.15, -0.1) is 0 Å². The highest BCUT2D eigenvalue weighted by molar-refractivity contribution is 7.90. The number of rotatable bonds is 2. The van der Waals surface area contributed by atoms with Gasteiger partial charge in [0.15, 0.2) is 0 Å². The molecule has 2 aliphatic heterocycles. The predicted molar refractivity (Wildman–Crippen MR) is 77.4 cm³/mol. The van der Waals surface area contributed by atoms with Gasteiger partial charge in [-0.05, 0) is 12.1 Å². The van der Waals surface area contributed by atoms with Crippen molar-refractivity contribution in [2.24, 2.45) is 0 Å². The number of carbonyl (C=O) groups is 3. The van der Waals surface area contributed by atoms with Crippen molar-refractivity contribution in [2.45, 2.75) is 23.8 Å². The number of ketones is 1. The van der Waals surface area contributed by atoms with E-state index < -0.39 is 28.1 Å². The molecule has 0 radical (unpaired) electrons.